The molecule has 0 amide bonds. The predicted molar refractivity (Wildman–Crippen MR) is 94.3 cm³/mol. The average molecular weight is 285 g/mol. The first kappa shape index (κ1) is 13.2. The van der Waals surface area contributed by atoms with Gasteiger partial charge in [0.05, 0.1) is 11.0 Å². The number of benzene rings is 3. The Morgan fingerprint density at radius 3 is 2.23 bits per heavy atom. The summed E-state index contributed by atoms with van der Waals surface area (Å²) < 4.78 is 2.26. The summed E-state index contributed by atoms with van der Waals surface area (Å²) in [6, 6.07) is 25.0. The van der Waals surface area contributed by atoms with E-state index in [0.717, 1.165) is 16.7 Å². The average Bonchev–Trinajstić information content (AvgIpc) is 2.89. The van der Waals surface area contributed by atoms with Crippen LogP contribution in [0.3, 0.4) is 0 Å². The van der Waals surface area contributed by atoms with Crippen molar-refractivity contribution in [1.82, 2.24) is 4.57 Å². The molecule has 0 atom stereocenters. The van der Waals surface area contributed by atoms with E-state index < -0.39 is 6.92 Å². The molecule has 4 aromatic rings. The third kappa shape index (κ3) is 1.94. The maximum absolute atomic E-state index is 9.91. The second kappa shape index (κ2) is 5.04. The Morgan fingerprint density at radius 1 is 0.773 bits per heavy atom. The van der Waals surface area contributed by atoms with E-state index in [2.05, 4.69) is 65.2 Å². The summed E-state index contributed by atoms with van der Waals surface area (Å²) >= 11 is 0. The molecule has 4 rings (SSSR count). The van der Waals surface area contributed by atoms with Gasteiger partial charge in [-0.1, -0.05) is 55.4 Å². The SMILES string of the molecule is CB(O)c1ccc2c3ccccc3n(-c3ccccc3)c2c1. The molecule has 22 heavy (non-hydrogen) atoms. The van der Waals surface area contributed by atoms with Crippen LogP contribution in [0.4, 0.5) is 0 Å². The van der Waals surface area contributed by atoms with E-state index in [9.17, 15) is 5.02 Å². The van der Waals surface area contributed by atoms with Gasteiger partial charge >= 0.3 is 6.92 Å². The number of rotatable bonds is 2. The number of fused-ring (bicyclic) bond motifs is 3. The third-order valence-electron chi connectivity index (χ3n) is 4.19. The van der Waals surface area contributed by atoms with Crippen LogP contribution in [0.5, 0.6) is 0 Å². The fourth-order valence-electron chi connectivity index (χ4n) is 3.10. The molecular weight excluding hydrogens is 269 g/mol. The lowest BCUT2D eigenvalue weighted by Crippen LogP contribution is -2.25. The molecule has 0 aliphatic heterocycles. The zero-order valence-electron chi connectivity index (χ0n) is 12.4. The fourth-order valence-corrected chi connectivity index (χ4v) is 3.10. The monoisotopic (exact) mass is 285 g/mol. The van der Waals surface area contributed by atoms with Crippen molar-refractivity contribution in [1.29, 1.82) is 0 Å². The van der Waals surface area contributed by atoms with E-state index >= 15 is 0 Å². The summed E-state index contributed by atoms with van der Waals surface area (Å²) in [4.78, 5) is 0. The second-order valence-electron chi connectivity index (χ2n) is 5.64. The Labute approximate surface area is 129 Å². The van der Waals surface area contributed by atoms with Crippen molar-refractivity contribution >= 4 is 34.2 Å². The van der Waals surface area contributed by atoms with E-state index in [0.29, 0.717) is 0 Å². The summed E-state index contributed by atoms with van der Waals surface area (Å²) in [6.45, 7) is 1.34. The Balaban J connectivity index is 2.16. The molecule has 2 nitrogen and oxygen atoms in total. The van der Waals surface area contributed by atoms with Crippen molar-refractivity contribution in [3.63, 3.8) is 0 Å². The number of aromatic nitrogens is 1. The van der Waals surface area contributed by atoms with Gasteiger partial charge in [0.15, 0.2) is 0 Å². The smallest absolute Gasteiger partial charge is 0.320 e. The van der Waals surface area contributed by atoms with E-state index in [1.165, 1.54) is 16.3 Å². The normalized spacial score (nSPS) is 11.2. The lowest BCUT2D eigenvalue weighted by molar-refractivity contribution is 0.594. The van der Waals surface area contributed by atoms with Crippen molar-refractivity contribution in [3.05, 3.63) is 72.8 Å². The minimum Gasteiger partial charge on any atom is -0.446 e. The molecule has 0 aliphatic rings. The second-order valence-corrected chi connectivity index (χ2v) is 5.64. The number of para-hydroxylation sites is 2. The summed E-state index contributed by atoms with van der Waals surface area (Å²) in [5.74, 6) is 0. The molecule has 0 unspecified atom stereocenters. The minimum absolute atomic E-state index is 0.466. The van der Waals surface area contributed by atoms with Crippen molar-refractivity contribution < 1.29 is 5.02 Å². The first-order chi connectivity index (χ1) is 10.8. The molecular formula is C19H16BNO. The summed E-state index contributed by atoms with van der Waals surface area (Å²) in [5.41, 5.74) is 4.39. The van der Waals surface area contributed by atoms with Gasteiger partial charge in [0.2, 0.25) is 0 Å². The first-order valence-corrected chi connectivity index (χ1v) is 7.52. The van der Waals surface area contributed by atoms with Gasteiger partial charge in [-0.2, -0.15) is 0 Å². The van der Waals surface area contributed by atoms with Crippen LogP contribution in [0.2, 0.25) is 6.82 Å². The van der Waals surface area contributed by atoms with Crippen LogP contribution >= 0.6 is 0 Å². The highest BCUT2D eigenvalue weighted by Crippen LogP contribution is 2.31. The van der Waals surface area contributed by atoms with E-state index in [1.807, 2.05) is 12.1 Å². The highest BCUT2D eigenvalue weighted by Gasteiger charge is 2.14. The van der Waals surface area contributed by atoms with Crippen LogP contribution in [0, 0.1) is 0 Å². The number of nitrogens with zero attached hydrogens (tertiary/aromatic N) is 1. The zero-order valence-corrected chi connectivity index (χ0v) is 12.4. The molecule has 0 radical (unpaired) electrons. The van der Waals surface area contributed by atoms with Crippen molar-refractivity contribution in [2.75, 3.05) is 0 Å². The maximum atomic E-state index is 9.91. The molecule has 0 spiro atoms. The van der Waals surface area contributed by atoms with Gasteiger partial charge in [0.25, 0.3) is 0 Å². The predicted octanol–water partition coefficient (Wildman–Crippen LogP) is 3.60. The molecule has 3 heteroatoms. The van der Waals surface area contributed by atoms with Crippen molar-refractivity contribution in [2.24, 2.45) is 0 Å². The van der Waals surface area contributed by atoms with Gasteiger partial charge in [-0.3, -0.25) is 0 Å². The van der Waals surface area contributed by atoms with Crippen LogP contribution in [0.15, 0.2) is 72.8 Å². The van der Waals surface area contributed by atoms with E-state index in [1.54, 1.807) is 6.82 Å². The van der Waals surface area contributed by atoms with Gasteiger partial charge in [-0.25, -0.2) is 0 Å². The molecule has 0 bridgehead atoms. The van der Waals surface area contributed by atoms with E-state index in [-0.39, 0.29) is 0 Å². The number of hydrogen-bond donors (Lipinski definition) is 1. The van der Waals surface area contributed by atoms with Gasteiger partial charge in [0, 0.05) is 16.5 Å². The first-order valence-electron chi connectivity index (χ1n) is 7.52. The highest BCUT2D eigenvalue weighted by atomic mass is 16.2. The molecule has 0 saturated heterocycles. The molecule has 1 heterocycles. The Kier molecular flexibility index (Phi) is 3.02. The molecule has 0 aliphatic carbocycles. The molecule has 0 fully saturated rings. The van der Waals surface area contributed by atoms with Crippen molar-refractivity contribution in [2.45, 2.75) is 6.82 Å². The number of hydrogen-bond acceptors (Lipinski definition) is 1. The third-order valence-corrected chi connectivity index (χ3v) is 4.19. The van der Waals surface area contributed by atoms with Crippen LogP contribution in [0.1, 0.15) is 0 Å². The fraction of sp³-hybridized carbons (Fsp3) is 0.0526. The standard InChI is InChI=1S/C19H16BNO/c1-20(22)14-11-12-17-16-9-5-6-10-18(16)21(19(17)13-14)15-7-3-2-4-8-15/h2-13,22H,1H3. The lowest BCUT2D eigenvalue weighted by Gasteiger charge is -2.08. The van der Waals surface area contributed by atoms with Gasteiger partial charge in [0.1, 0.15) is 0 Å². The van der Waals surface area contributed by atoms with Gasteiger partial charge < -0.3 is 9.59 Å². The maximum Gasteiger partial charge on any atom is 0.320 e. The van der Waals surface area contributed by atoms with Gasteiger partial charge in [-0.15, -0.1) is 0 Å². The summed E-state index contributed by atoms with van der Waals surface area (Å²) in [5, 5.41) is 12.4. The largest absolute Gasteiger partial charge is 0.446 e. The highest BCUT2D eigenvalue weighted by molar-refractivity contribution is 6.65. The van der Waals surface area contributed by atoms with Crippen molar-refractivity contribution in [3.8, 4) is 5.69 Å². The van der Waals surface area contributed by atoms with Crippen LogP contribution in [-0.4, -0.2) is 16.5 Å². The molecule has 1 aromatic heterocycles. The minimum atomic E-state index is -0.466. The van der Waals surface area contributed by atoms with E-state index in [4.69, 9.17) is 0 Å². The van der Waals surface area contributed by atoms with Crippen LogP contribution in [0.25, 0.3) is 27.5 Å². The Morgan fingerprint density at radius 2 is 1.45 bits per heavy atom. The lowest BCUT2D eigenvalue weighted by atomic mass is 9.64. The topological polar surface area (TPSA) is 25.2 Å². The molecule has 106 valence electrons. The summed E-state index contributed by atoms with van der Waals surface area (Å²) in [6.07, 6.45) is 0. The Hall–Kier alpha value is -2.52. The molecule has 0 saturated carbocycles. The zero-order chi connectivity index (χ0) is 15.1. The summed E-state index contributed by atoms with van der Waals surface area (Å²) in [7, 11) is 0. The Bertz CT molecular complexity index is 957. The molecule has 3 aromatic carbocycles. The van der Waals surface area contributed by atoms with Crippen LogP contribution < -0.4 is 5.46 Å². The van der Waals surface area contributed by atoms with Crippen LogP contribution in [-0.2, 0) is 0 Å². The van der Waals surface area contributed by atoms with Gasteiger partial charge in [-0.05, 0) is 29.7 Å². The molecule has 1 N–H and O–H groups in total. The quantitative estimate of drug-likeness (QED) is 0.559.